The summed E-state index contributed by atoms with van der Waals surface area (Å²) in [5.41, 5.74) is 1.40. The Hall–Kier alpha value is -0.0200. The zero-order valence-corrected chi connectivity index (χ0v) is 12.1. The summed E-state index contributed by atoms with van der Waals surface area (Å²) in [6.45, 7) is 5.57. The van der Waals surface area contributed by atoms with Crippen LogP contribution in [0.5, 0.6) is 0 Å². The smallest absolute Gasteiger partial charge is 0.396 e. The van der Waals surface area contributed by atoms with Crippen LogP contribution in [0.25, 0.3) is 0 Å². The van der Waals surface area contributed by atoms with Gasteiger partial charge in [0.25, 0.3) is 0 Å². The van der Waals surface area contributed by atoms with Gasteiger partial charge in [0.15, 0.2) is 0 Å². The number of fused-ring (bicyclic) bond motifs is 1. The molecule has 1 aromatic carbocycles. The highest BCUT2D eigenvalue weighted by Crippen LogP contribution is 2.42. The monoisotopic (exact) mass is 355 g/mol. The fourth-order valence-electron chi connectivity index (χ4n) is 1.66. The fraction of sp³-hybridized carbons (Fsp3) is 0.400. The van der Waals surface area contributed by atoms with Gasteiger partial charge in [-0.2, -0.15) is 0 Å². The van der Waals surface area contributed by atoms with Crippen molar-refractivity contribution in [1.29, 1.82) is 0 Å². The molecule has 16 heavy (non-hydrogen) atoms. The van der Waals surface area contributed by atoms with Gasteiger partial charge in [0.1, 0.15) is 0 Å². The molecule has 0 aromatic heterocycles. The Labute approximate surface area is 108 Å². The standard InChI is InChI=1S/C10H13NS.HIO3/c1-3-11-8(2)12-10-7-5-4-6-9(10)11;2-1(3)4/h4-8H,3H2,1-2H3;2H. The summed E-state index contributed by atoms with van der Waals surface area (Å²) in [5.74, 6) is 0. The van der Waals surface area contributed by atoms with E-state index in [0.29, 0.717) is 5.37 Å². The lowest BCUT2D eigenvalue weighted by atomic mass is 10.3. The quantitative estimate of drug-likeness (QED) is 0.545. The summed E-state index contributed by atoms with van der Waals surface area (Å²) >= 11 is -1.81. The number of benzene rings is 1. The van der Waals surface area contributed by atoms with E-state index in [1.54, 1.807) is 0 Å². The Bertz CT molecular complexity index is 335. The van der Waals surface area contributed by atoms with E-state index in [1.807, 2.05) is 11.8 Å². The van der Waals surface area contributed by atoms with Crippen molar-refractivity contribution in [1.82, 2.24) is 0 Å². The Balaban J connectivity index is 0.000000280. The highest BCUT2D eigenvalue weighted by Gasteiger charge is 2.24. The van der Waals surface area contributed by atoms with Crippen LogP contribution < -0.4 is 32.8 Å². The molecule has 90 valence electrons. The topological polar surface area (TPSA) is 69.6 Å². The fourth-order valence-corrected chi connectivity index (χ4v) is 2.89. The van der Waals surface area contributed by atoms with Crippen LogP contribution in [-0.4, -0.2) is 15.4 Å². The number of hydrogen-bond acceptors (Lipinski definition) is 5. The summed E-state index contributed by atoms with van der Waals surface area (Å²) < 4.78 is 24.5. The number of para-hydroxylation sites is 1. The van der Waals surface area contributed by atoms with E-state index in [0.717, 1.165) is 6.54 Å². The maximum Gasteiger partial charge on any atom is 0.503 e. The Morgan fingerprint density at radius 2 is 2.00 bits per heavy atom. The minimum atomic E-state index is -3.76. The summed E-state index contributed by atoms with van der Waals surface area (Å²) in [6, 6.07) is 8.62. The van der Waals surface area contributed by atoms with Crippen molar-refractivity contribution in [2.24, 2.45) is 0 Å². The predicted octanol–water partition coefficient (Wildman–Crippen LogP) is -2.97. The van der Waals surface area contributed by atoms with Crippen LogP contribution in [0.4, 0.5) is 5.69 Å². The third kappa shape index (κ3) is 3.77. The highest BCUT2D eigenvalue weighted by molar-refractivity contribution is 8.00. The molecule has 0 amide bonds. The molecule has 0 bridgehead atoms. The lowest BCUT2D eigenvalue weighted by Gasteiger charge is -2.21. The van der Waals surface area contributed by atoms with Gasteiger partial charge in [-0.1, -0.05) is 23.9 Å². The molecule has 1 heterocycles. The van der Waals surface area contributed by atoms with Crippen molar-refractivity contribution >= 4 is 17.4 Å². The molecule has 1 aliphatic rings. The predicted molar refractivity (Wildman–Crippen MR) is 57.0 cm³/mol. The summed E-state index contributed by atoms with van der Waals surface area (Å²) in [7, 11) is 0. The molecule has 0 spiro atoms. The van der Waals surface area contributed by atoms with E-state index in [4.69, 9.17) is 10.3 Å². The molecule has 1 atom stereocenters. The van der Waals surface area contributed by atoms with Crippen LogP contribution >= 0.6 is 11.8 Å². The highest BCUT2D eigenvalue weighted by atomic mass is 127. The first-order valence-electron chi connectivity index (χ1n) is 4.83. The van der Waals surface area contributed by atoms with Gasteiger partial charge in [-0.15, -0.1) is 0 Å². The normalized spacial score (nSPS) is 18.1. The molecule has 0 radical (unpaired) electrons. The third-order valence-corrected chi connectivity index (χ3v) is 3.45. The van der Waals surface area contributed by atoms with Crippen molar-refractivity contribution in [2.75, 3.05) is 11.4 Å². The van der Waals surface area contributed by atoms with Crippen LogP contribution in [-0.2, 0) is 0 Å². The Kier molecular flexibility index (Phi) is 5.84. The minimum absolute atomic E-state index is 0.604. The second kappa shape index (κ2) is 6.65. The largest absolute Gasteiger partial charge is 0.503 e. The minimum Gasteiger partial charge on any atom is -0.396 e. The van der Waals surface area contributed by atoms with Crippen LogP contribution in [0.1, 0.15) is 13.8 Å². The van der Waals surface area contributed by atoms with E-state index in [-0.39, 0.29) is 0 Å². The van der Waals surface area contributed by atoms with Crippen molar-refractivity contribution < 1.29 is 31.4 Å². The zero-order chi connectivity index (χ0) is 12.1. The van der Waals surface area contributed by atoms with Crippen molar-refractivity contribution in [3.8, 4) is 0 Å². The molecule has 2 rings (SSSR count). The molecule has 1 N–H and O–H groups in total. The van der Waals surface area contributed by atoms with Gasteiger partial charge in [0, 0.05) is 11.4 Å². The van der Waals surface area contributed by atoms with Gasteiger partial charge >= 0.3 is 21.1 Å². The molecule has 6 heteroatoms. The molecule has 0 aliphatic carbocycles. The average Bonchev–Trinajstić information content (AvgIpc) is 2.52. The van der Waals surface area contributed by atoms with Gasteiger partial charge in [-0.25, -0.2) is 0 Å². The van der Waals surface area contributed by atoms with Crippen LogP contribution in [0.15, 0.2) is 29.2 Å². The first-order valence-corrected chi connectivity index (χ1v) is 8.43. The number of halogens is 1. The third-order valence-electron chi connectivity index (χ3n) is 2.25. The average molecular weight is 355 g/mol. The zero-order valence-electron chi connectivity index (χ0n) is 9.09. The van der Waals surface area contributed by atoms with Crippen LogP contribution in [0, 0.1) is 0 Å². The Morgan fingerprint density at radius 1 is 1.44 bits per heavy atom. The molecular formula is C10H14INO3S. The summed E-state index contributed by atoms with van der Waals surface area (Å²) in [5, 5.41) is 0.604. The molecule has 0 saturated heterocycles. The Morgan fingerprint density at radius 3 is 2.56 bits per heavy atom. The molecule has 1 aromatic rings. The van der Waals surface area contributed by atoms with E-state index < -0.39 is 21.1 Å². The van der Waals surface area contributed by atoms with E-state index in [9.17, 15) is 0 Å². The molecule has 1 aliphatic heterocycles. The van der Waals surface area contributed by atoms with Gasteiger partial charge in [-0.05, 0) is 29.4 Å². The van der Waals surface area contributed by atoms with Crippen molar-refractivity contribution in [3.05, 3.63) is 24.3 Å². The number of hydrogen-bond donors (Lipinski definition) is 1. The molecule has 0 fully saturated rings. The van der Waals surface area contributed by atoms with E-state index in [1.165, 1.54) is 10.6 Å². The van der Waals surface area contributed by atoms with Crippen molar-refractivity contribution in [3.63, 3.8) is 0 Å². The molecular weight excluding hydrogens is 341 g/mol. The van der Waals surface area contributed by atoms with Crippen molar-refractivity contribution in [2.45, 2.75) is 24.1 Å². The summed E-state index contributed by atoms with van der Waals surface area (Å²) in [6.07, 6.45) is 0. The number of nitrogens with zero attached hydrogens (tertiary/aromatic N) is 1. The first kappa shape index (κ1) is 14.0. The number of anilines is 1. The van der Waals surface area contributed by atoms with Gasteiger partial charge in [0.05, 0.1) is 11.1 Å². The number of thioether (sulfide) groups is 1. The lowest BCUT2D eigenvalue weighted by Crippen LogP contribution is -3.98. The lowest BCUT2D eigenvalue weighted by molar-refractivity contribution is -1.63. The SMILES string of the molecule is CCN1c2ccccc2SC1C.[O-][I+2]([O-])O. The summed E-state index contributed by atoms with van der Waals surface area (Å²) in [4.78, 5) is 3.85. The second-order valence-electron chi connectivity index (χ2n) is 3.17. The van der Waals surface area contributed by atoms with Crippen LogP contribution in [0.3, 0.4) is 0 Å². The molecule has 1 unspecified atom stereocenters. The van der Waals surface area contributed by atoms with Gasteiger partial charge in [-0.3, -0.25) is 0 Å². The van der Waals surface area contributed by atoms with Gasteiger partial charge in [0.2, 0.25) is 0 Å². The second-order valence-corrected chi connectivity index (χ2v) is 5.68. The van der Waals surface area contributed by atoms with E-state index in [2.05, 4.69) is 43.0 Å². The van der Waals surface area contributed by atoms with Crippen LogP contribution in [0.2, 0.25) is 0 Å². The maximum atomic E-state index is 8.68. The van der Waals surface area contributed by atoms with E-state index >= 15 is 0 Å². The first-order chi connectivity index (χ1) is 7.56. The van der Waals surface area contributed by atoms with Gasteiger partial charge < -0.3 is 11.8 Å². The molecule has 0 saturated carbocycles. The molecule has 4 nitrogen and oxygen atoms in total. The maximum absolute atomic E-state index is 8.68. The number of rotatable bonds is 1.